The first-order valence-electron chi connectivity index (χ1n) is 8.17. The number of hydrogen-bond donors (Lipinski definition) is 2. The molecule has 0 bridgehead atoms. The highest BCUT2D eigenvalue weighted by atomic mass is 32.2. The molecule has 0 spiro atoms. The smallest absolute Gasteiger partial charge is 0.246 e. The first kappa shape index (κ1) is 18.0. The molecule has 9 heteroatoms. The van der Waals surface area contributed by atoms with Crippen LogP contribution >= 0.6 is 0 Å². The molecule has 0 aliphatic heterocycles. The number of para-hydroxylation sites is 1. The van der Waals surface area contributed by atoms with Gasteiger partial charge in [-0.15, -0.1) is 5.10 Å². The van der Waals surface area contributed by atoms with Crippen LogP contribution < -0.4 is 10.0 Å². The van der Waals surface area contributed by atoms with Crippen LogP contribution in [0.1, 0.15) is 13.3 Å². The van der Waals surface area contributed by atoms with Crippen molar-refractivity contribution in [1.82, 2.24) is 19.7 Å². The Morgan fingerprint density at radius 1 is 1.12 bits per heavy atom. The Hall–Kier alpha value is -2.78. The van der Waals surface area contributed by atoms with Gasteiger partial charge in [-0.2, -0.15) is 0 Å². The number of nitrogens with zero attached hydrogens (tertiary/aromatic N) is 3. The molecule has 1 heterocycles. The van der Waals surface area contributed by atoms with Crippen LogP contribution in [0.25, 0.3) is 11.0 Å². The van der Waals surface area contributed by atoms with Gasteiger partial charge in [0.2, 0.25) is 15.9 Å². The summed E-state index contributed by atoms with van der Waals surface area (Å²) in [6, 6.07) is 13.4. The minimum absolute atomic E-state index is 0.0125. The number of rotatable bonds is 7. The average Bonchev–Trinajstić information content (AvgIpc) is 3.03. The van der Waals surface area contributed by atoms with Crippen LogP contribution in [0, 0.1) is 0 Å². The predicted molar refractivity (Wildman–Crippen MR) is 98.1 cm³/mol. The van der Waals surface area contributed by atoms with E-state index < -0.39 is 10.0 Å². The molecule has 0 saturated carbocycles. The molecule has 1 aromatic heterocycles. The van der Waals surface area contributed by atoms with Crippen molar-refractivity contribution in [2.24, 2.45) is 0 Å². The molecule has 136 valence electrons. The van der Waals surface area contributed by atoms with Crippen molar-refractivity contribution in [3.8, 4) is 0 Å². The number of amides is 1. The summed E-state index contributed by atoms with van der Waals surface area (Å²) in [5, 5.41) is 10.7. The molecule has 8 nitrogen and oxygen atoms in total. The van der Waals surface area contributed by atoms with E-state index in [1.54, 1.807) is 12.1 Å². The minimum Gasteiger partial charge on any atom is -0.324 e. The quantitative estimate of drug-likeness (QED) is 0.656. The Morgan fingerprint density at radius 3 is 2.58 bits per heavy atom. The van der Waals surface area contributed by atoms with Gasteiger partial charge in [0.15, 0.2) is 0 Å². The fraction of sp³-hybridized carbons (Fsp3) is 0.235. The molecule has 0 fully saturated rings. The molecule has 0 saturated heterocycles. The second-order valence-electron chi connectivity index (χ2n) is 5.71. The highest BCUT2D eigenvalue weighted by Gasteiger charge is 2.13. The SMILES string of the molecule is CCCNS(=O)(=O)c1ccc(NC(=O)Cn2nnc3ccccc32)cc1. The van der Waals surface area contributed by atoms with Gasteiger partial charge in [0.05, 0.1) is 10.4 Å². The molecule has 26 heavy (non-hydrogen) atoms. The number of sulfonamides is 1. The number of aromatic nitrogens is 3. The van der Waals surface area contributed by atoms with E-state index in [4.69, 9.17) is 0 Å². The van der Waals surface area contributed by atoms with E-state index in [-0.39, 0.29) is 17.3 Å². The Morgan fingerprint density at radius 2 is 1.85 bits per heavy atom. The lowest BCUT2D eigenvalue weighted by Crippen LogP contribution is -2.24. The summed E-state index contributed by atoms with van der Waals surface area (Å²) in [5.74, 6) is -0.277. The first-order valence-corrected chi connectivity index (χ1v) is 9.66. The summed E-state index contributed by atoms with van der Waals surface area (Å²) in [5.41, 5.74) is 1.99. The zero-order valence-electron chi connectivity index (χ0n) is 14.2. The number of fused-ring (bicyclic) bond motifs is 1. The number of hydrogen-bond acceptors (Lipinski definition) is 5. The summed E-state index contributed by atoms with van der Waals surface area (Å²) >= 11 is 0. The standard InChI is InChI=1S/C17H19N5O3S/c1-2-11-18-26(24,25)14-9-7-13(8-10-14)19-17(23)12-22-16-6-4-3-5-15(16)20-21-22/h3-10,18H,2,11-12H2,1H3,(H,19,23). The number of carbonyl (C=O) groups excluding carboxylic acids is 1. The molecule has 0 aliphatic rings. The number of anilines is 1. The molecule has 2 aromatic carbocycles. The van der Waals surface area contributed by atoms with Crippen LogP contribution in [-0.4, -0.2) is 35.9 Å². The number of benzene rings is 2. The van der Waals surface area contributed by atoms with E-state index in [0.29, 0.717) is 18.7 Å². The van der Waals surface area contributed by atoms with Crippen LogP contribution in [0.15, 0.2) is 53.4 Å². The second kappa shape index (κ2) is 7.63. The Labute approximate surface area is 151 Å². The summed E-state index contributed by atoms with van der Waals surface area (Å²) < 4.78 is 28.1. The second-order valence-corrected chi connectivity index (χ2v) is 7.47. The van der Waals surface area contributed by atoms with Gasteiger partial charge in [-0.05, 0) is 42.8 Å². The molecule has 0 radical (unpaired) electrons. The van der Waals surface area contributed by atoms with Crippen molar-refractivity contribution in [3.63, 3.8) is 0 Å². The van der Waals surface area contributed by atoms with E-state index in [1.807, 2.05) is 31.2 Å². The van der Waals surface area contributed by atoms with Crippen LogP contribution in [-0.2, 0) is 21.4 Å². The molecule has 1 amide bonds. The van der Waals surface area contributed by atoms with Gasteiger partial charge in [-0.1, -0.05) is 24.3 Å². The summed E-state index contributed by atoms with van der Waals surface area (Å²) in [7, 11) is -3.52. The maximum Gasteiger partial charge on any atom is 0.246 e. The van der Waals surface area contributed by atoms with Gasteiger partial charge in [0.25, 0.3) is 0 Å². The first-order chi connectivity index (χ1) is 12.5. The molecular formula is C17H19N5O3S. The highest BCUT2D eigenvalue weighted by molar-refractivity contribution is 7.89. The van der Waals surface area contributed by atoms with Gasteiger partial charge >= 0.3 is 0 Å². The zero-order valence-corrected chi connectivity index (χ0v) is 15.0. The third-order valence-corrected chi connectivity index (χ3v) is 5.18. The normalized spacial score (nSPS) is 11.6. The van der Waals surface area contributed by atoms with Crippen LogP contribution in [0.2, 0.25) is 0 Å². The topological polar surface area (TPSA) is 106 Å². The lowest BCUT2D eigenvalue weighted by atomic mass is 10.3. The third-order valence-electron chi connectivity index (χ3n) is 3.70. The highest BCUT2D eigenvalue weighted by Crippen LogP contribution is 2.15. The molecule has 2 N–H and O–H groups in total. The van der Waals surface area contributed by atoms with Gasteiger partial charge in [-0.25, -0.2) is 17.8 Å². The molecule has 3 aromatic rings. The van der Waals surface area contributed by atoms with E-state index in [9.17, 15) is 13.2 Å². The van der Waals surface area contributed by atoms with Gasteiger partial charge in [0.1, 0.15) is 12.1 Å². The van der Waals surface area contributed by atoms with E-state index >= 15 is 0 Å². The summed E-state index contributed by atoms with van der Waals surface area (Å²) in [6.07, 6.45) is 0.713. The van der Waals surface area contributed by atoms with Crippen LogP contribution in [0.5, 0.6) is 0 Å². The largest absolute Gasteiger partial charge is 0.324 e. The third kappa shape index (κ3) is 4.06. The number of nitrogens with one attached hydrogen (secondary N) is 2. The predicted octanol–water partition coefficient (Wildman–Crippen LogP) is 1.76. The van der Waals surface area contributed by atoms with Crippen LogP contribution in [0.4, 0.5) is 5.69 Å². The van der Waals surface area contributed by atoms with Crippen molar-refractivity contribution in [2.45, 2.75) is 24.8 Å². The Kier molecular flexibility index (Phi) is 5.29. The maximum atomic E-state index is 12.2. The van der Waals surface area contributed by atoms with E-state index in [2.05, 4.69) is 20.4 Å². The monoisotopic (exact) mass is 373 g/mol. The van der Waals surface area contributed by atoms with Crippen molar-refractivity contribution in [1.29, 1.82) is 0 Å². The van der Waals surface area contributed by atoms with Gasteiger partial charge in [-0.3, -0.25) is 4.79 Å². The Bertz CT molecular complexity index is 1010. The Balaban J connectivity index is 1.66. The fourth-order valence-corrected chi connectivity index (χ4v) is 3.54. The fourth-order valence-electron chi connectivity index (χ4n) is 2.41. The molecule has 3 rings (SSSR count). The van der Waals surface area contributed by atoms with Crippen molar-refractivity contribution in [2.75, 3.05) is 11.9 Å². The van der Waals surface area contributed by atoms with Crippen molar-refractivity contribution < 1.29 is 13.2 Å². The van der Waals surface area contributed by atoms with Gasteiger partial charge in [0, 0.05) is 12.2 Å². The van der Waals surface area contributed by atoms with E-state index in [0.717, 1.165) is 11.0 Å². The van der Waals surface area contributed by atoms with Gasteiger partial charge < -0.3 is 5.32 Å². The van der Waals surface area contributed by atoms with Crippen molar-refractivity contribution in [3.05, 3.63) is 48.5 Å². The molecule has 0 aliphatic carbocycles. The average molecular weight is 373 g/mol. The van der Waals surface area contributed by atoms with E-state index in [1.165, 1.54) is 16.8 Å². The molecular weight excluding hydrogens is 354 g/mol. The van der Waals surface area contributed by atoms with Crippen molar-refractivity contribution >= 4 is 32.7 Å². The summed E-state index contributed by atoms with van der Waals surface area (Å²) in [6.45, 7) is 2.28. The zero-order chi connectivity index (χ0) is 18.6. The molecule has 0 unspecified atom stereocenters. The maximum absolute atomic E-state index is 12.2. The molecule has 0 atom stereocenters. The lowest BCUT2D eigenvalue weighted by Gasteiger charge is -2.08. The van der Waals surface area contributed by atoms with Crippen LogP contribution in [0.3, 0.4) is 0 Å². The minimum atomic E-state index is -3.52. The summed E-state index contributed by atoms with van der Waals surface area (Å²) in [4.78, 5) is 12.4. The lowest BCUT2D eigenvalue weighted by molar-refractivity contribution is -0.116. The number of carbonyl (C=O) groups is 1.